The molecule has 0 heterocycles. The van der Waals surface area contributed by atoms with Crippen LogP contribution in [0.5, 0.6) is 0 Å². The summed E-state index contributed by atoms with van der Waals surface area (Å²) in [6.07, 6.45) is 0. The molecule has 84 valence electrons. The third-order valence-corrected chi connectivity index (χ3v) is 2.76. The van der Waals surface area contributed by atoms with Crippen molar-refractivity contribution in [3.05, 3.63) is 0 Å². The van der Waals surface area contributed by atoms with Crippen molar-refractivity contribution in [2.24, 2.45) is 0 Å². The summed E-state index contributed by atoms with van der Waals surface area (Å²) < 4.78 is 0. The van der Waals surface area contributed by atoms with Gasteiger partial charge in [0.15, 0.2) is 0 Å². The van der Waals surface area contributed by atoms with E-state index in [1.54, 1.807) is 19.0 Å². The molecule has 0 radical (unpaired) electrons. The minimum atomic E-state index is -0.596. The Balaban J connectivity index is 4.71. The van der Waals surface area contributed by atoms with Gasteiger partial charge in [0.25, 0.3) is 0 Å². The largest absolute Gasteiger partial charge is 0.394 e. The molecule has 0 unspecified atom stereocenters. The summed E-state index contributed by atoms with van der Waals surface area (Å²) in [7, 11) is 3.45. The second-order valence-electron chi connectivity index (χ2n) is 4.71. The minimum absolute atomic E-state index is 0.0287. The molecule has 0 aliphatic heterocycles. The monoisotopic (exact) mass is 202 g/mol. The van der Waals surface area contributed by atoms with Crippen molar-refractivity contribution in [3.63, 3.8) is 0 Å². The number of aliphatic hydroxyl groups excluding tert-OH is 1. The average molecular weight is 202 g/mol. The standard InChI is InChI=1S/C10H22N2O2/c1-9(2,7-13)12(6)8(14)10(3,4)11-5/h11,13H,7H2,1-6H3. The summed E-state index contributed by atoms with van der Waals surface area (Å²) in [6.45, 7) is 7.25. The van der Waals surface area contributed by atoms with Gasteiger partial charge in [0.05, 0.1) is 17.7 Å². The lowest BCUT2D eigenvalue weighted by atomic mass is 9.98. The van der Waals surface area contributed by atoms with Crippen molar-refractivity contribution in [1.29, 1.82) is 0 Å². The summed E-state index contributed by atoms with van der Waals surface area (Å²) >= 11 is 0. The van der Waals surface area contributed by atoms with Gasteiger partial charge < -0.3 is 15.3 Å². The molecular formula is C10H22N2O2. The highest BCUT2D eigenvalue weighted by molar-refractivity contribution is 5.85. The lowest BCUT2D eigenvalue weighted by Gasteiger charge is -2.38. The molecule has 0 saturated heterocycles. The summed E-state index contributed by atoms with van der Waals surface area (Å²) in [5.74, 6) is -0.0287. The fourth-order valence-corrected chi connectivity index (χ4v) is 0.907. The molecule has 4 nitrogen and oxygen atoms in total. The Morgan fingerprint density at radius 2 is 1.79 bits per heavy atom. The molecule has 0 bridgehead atoms. The van der Waals surface area contributed by atoms with Gasteiger partial charge in [-0.05, 0) is 34.7 Å². The average Bonchev–Trinajstić information content (AvgIpc) is 2.15. The lowest BCUT2D eigenvalue weighted by molar-refractivity contribution is -0.141. The molecule has 0 rings (SSSR count). The molecule has 0 aliphatic carbocycles. The van der Waals surface area contributed by atoms with E-state index in [0.717, 1.165) is 0 Å². The van der Waals surface area contributed by atoms with Crippen LogP contribution in [0.25, 0.3) is 0 Å². The molecule has 2 N–H and O–H groups in total. The molecule has 1 amide bonds. The molecule has 0 aliphatic rings. The van der Waals surface area contributed by atoms with E-state index in [4.69, 9.17) is 5.11 Å². The first kappa shape index (κ1) is 13.4. The first-order chi connectivity index (χ1) is 6.19. The summed E-state index contributed by atoms with van der Waals surface area (Å²) in [4.78, 5) is 13.5. The van der Waals surface area contributed by atoms with Gasteiger partial charge in [-0.1, -0.05) is 0 Å². The number of amides is 1. The van der Waals surface area contributed by atoms with Gasteiger partial charge in [0.1, 0.15) is 0 Å². The Bertz CT molecular complexity index is 212. The molecule has 0 aromatic rings. The predicted molar refractivity (Wildman–Crippen MR) is 57.1 cm³/mol. The molecule has 0 aromatic carbocycles. The third-order valence-electron chi connectivity index (χ3n) is 2.76. The van der Waals surface area contributed by atoms with E-state index in [9.17, 15) is 4.79 Å². The molecule has 0 aromatic heterocycles. The van der Waals surface area contributed by atoms with Crippen LogP contribution in [-0.2, 0) is 4.79 Å². The smallest absolute Gasteiger partial charge is 0.242 e. The van der Waals surface area contributed by atoms with Crippen molar-refractivity contribution >= 4 is 5.91 Å². The molecule has 0 spiro atoms. The maximum Gasteiger partial charge on any atom is 0.242 e. The zero-order valence-electron chi connectivity index (χ0n) is 10.0. The fraction of sp³-hybridized carbons (Fsp3) is 0.900. The lowest BCUT2D eigenvalue weighted by Crippen LogP contribution is -2.58. The molecule has 0 atom stereocenters. The zero-order valence-corrected chi connectivity index (χ0v) is 10.0. The quantitative estimate of drug-likeness (QED) is 0.685. The molecule has 14 heavy (non-hydrogen) atoms. The fourth-order valence-electron chi connectivity index (χ4n) is 0.907. The number of rotatable bonds is 4. The van der Waals surface area contributed by atoms with Crippen LogP contribution in [0.1, 0.15) is 27.7 Å². The minimum Gasteiger partial charge on any atom is -0.394 e. The van der Waals surface area contributed by atoms with Crippen LogP contribution in [0, 0.1) is 0 Å². The second-order valence-corrected chi connectivity index (χ2v) is 4.71. The van der Waals surface area contributed by atoms with Gasteiger partial charge in [-0.15, -0.1) is 0 Å². The maximum absolute atomic E-state index is 12.0. The van der Waals surface area contributed by atoms with E-state index < -0.39 is 11.1 Å². The van der Waals surface area contributed by atoms with Crippen LogP contribution in [0.15, 0.2) is 0 Å². The number of carbonyl (C=O) groups excluding carboxylic acids is 1. The first-order valence-electron chi connectivity index (χ1n) is 4.77. The van der Waals surface area contributed by atoms with Gasteiger partial charge in [-0.25, -0.2) is 0 Å². The van der Waals surface area contributed by atoms with Crippen molar-refractivity contribution in [1.82, 2.24) is 10.2 Å². The van der Waals surface area contributed by atoms with E-state index in [-0.39, 0.29) is 12.5 Å². The van der Waals surface area contributed by atoms with Crippen LogP contribution in [0.4, 0.5) is 0 Å². The summed E-state index contributed by atoms with van der Waals surface area (Å²) in [5, 5.41) is 12.1. The number of likely N-dealkylation sites (N-methyl/N-ethyl adjacent to an activating group) is 2. The van der Waals surface area contributed by atoms with Crippen LogP contribution in [0.3, 0.4) is 0 Å². The van der Waals surface area contributed by atoms with E-state index in [0.29, 0.717) is 0 Å². The van der Waals surface area contributed by atoms with Crippen LogP contribution < -0.4 is 5.32 Å². The first-order valence-corrected chi connectivity index (χ1v) is 4.77. The number of nitrogens with zero attached hydrogens (tertiary/aromatic N) is 1. The summed E-state index contributed by atoms with van der Waals surface area (Å²) in [5.41, 5.74) is -1.12. The summed E-state index contributed by atoms with van der Waals surface area (Å²) in [6, 6.07) is 0. The van der Waals surface area contributed by atoms with Crippen molar-refractivity contribution in [2.45, 2.75) is 38.8 Å². The molecule has 0 fully saturated rings. The van der Waals surface area contributed by atoms with Gasteiger partial charge in [-0.2, -0.15) is 0 Å². The third kappa shape index (κ3) is 2.69. The van der Waals surface area contributed by atoms with Crippen molar-refractivity contribution in [3.8, 4) is 0 Å². The molecule has 0 saturated carbocycles. The van der Waals surface area contributed by atoms with Gasteiger partial charge in [0, 0.05) is 7.05 Å². The normalized spacial score (nSPS) is 12.8. The number of hydrogen-bond donors (Lipinski definition) is 2. The van der Waals surface area contributed by atoms with E-state index in [1.165, 1.54) is 0 Å². The molecule has 4 heteroatoms. The molecular weight excluding hydrogens is 180 g/mol. The number of hydrogen-bond acceptors (Lipinski definition) is 3. The van der Waals surface area contributed by atoms with Crippen LogP contribution in [-0.4, -0.2) is 47.7 Å². The Kier molecular flexibility index (Phi) is 4.09. The Morgan fingerprint density at radius 3 is 2.07 bits per heavy atom. The highest BCUT2D eigenvalue weighted by Crippen LogP contribution is 2.16. The predicted octanol–water partition coefficient (Wildman–Crippen LogP) is 0.214. The number of aliphatic hydroxyl groups is 1. The van der Waals surface area contributed by atoms with Gasteiger partial charge in [0.2, 0.25) is 5.91 Å². The zero-order chi connectivity index (χ0) is 11.6. The highest BCUT2D eigenvalue weighted by Gasteiger charge is 2.35. The Hall–Kier alpha value is -0.610. The van der Waals surface area contributed by atoms with E-state index >= 15 is 0 Å². The van der Waals surface area contributed by atoms with Crippen molar-refractivity contribution < 1.29 is 9.90 Å². The highest BCUT2D eigenvalue weighted by atomic mass is 16.3. The van der Waals surface area contributed by atoms with Gasteiger partial charge in [-0.3, -0.25) is 4.79 Å². The number of nitrogens with one attached hydrogen (secondary N) is 1. The van der Waals surface area contributed by atoms with Crippen LogP contribution in [0.2, 0.25) is 0 Å². The van der Waals surface area contributed by atoms with E-state index in [1.807, 2.05) is 27.7 Å². The van der Waals surface area contributed by atoms with E-state index in [2.05, 4.69) is 5.32 Å². The topological polar surface area (TPSA) is 52.6 Å². The van der Waals surface area contributed by atoms with Crippen molar-refractivity contribution in [2.75, 3.05) is 20.7 Å². The second kappa shape index (κ2) is 4.28. The van der Waals surface area contributed by atoms with Gasteiger partial charge >= 0.3 is 0 Å². The Labute approximate surface area is 86.3 Å². The van der Waals surface area contributed by atoms with Crippen LogP contribution >= 0.6 is 0 Å². The Morgan fingerprint density at radius 1 is 1.36 bits per heavy atom. The SMILES string of the molecule is CNC(C)(C)C(=O)N(C)C(C)(C)CO. The number of carbonyl (C=O) groups is 1. The maximum atomic E-state index is 12.0.